The fourth-order valence-corrected chi connectivity index (χ4v) is 1.68. The van der Waals surface area contributed by atoms with E-state index in [1.165, 1.54) is 6.92 Å². The van der Waals surface area contributed by atoms with Gasteiger partial charge in [-0.05, 0) is 13.0 Å². The Morgan fingerprint density at radius 3 is 2.47 bits per heavy atom. The third-order valence-electron chi connectivity index (χ3n) is 2.27. The molecule has 1 aromatic rings. The maximum Gasteiger partial charge on any atom is 0.231 e. The highest BCUT2D eigenvalue weighted by atomic mass is 35.5. The smallest absolute Gasteiger partial charge is 0.231 e. The van der Waals surface area contributed by atoms with Crippen molar-refractivity contribution in [3.8, 4) is 11.5 Å². The van der Waals surface area contributed by atoms with Gasteiger partial charge in [0.15, 0.2) is 11.5 Å². The summed E-state index contributed by atoms with van der Waals surface area (Å²) in [5, 5.41) is 19.3. The maximum absolute atomic E-state index is 9.68. The van der Waals surface area contributed by atoms with Crippen LogP contribution in [0.25, 0.3) is 0 Å². The quantitative estimate of drug-likeness (QED) is 0.808. The molecule has 2 N–H and O–H groups in total. The normalized spacial score (nSPS) is 17.6. The Morgan fingerprint density at radius 2 is 1.87 bits per heavy atom. The lowest BCUT2D eigenvalue weighted by Crippen LogP contribution is -2.14. The van der Waals surface area contributed by atoms with E-state index in [0.717, 1.165) is 0 Å². The van der Waals surface area contributed by atoms with Crippen LogP contribution in [-0.4, -0.2) is 23.1 Å². The van der Waals surface area contributed by atoms with Gasteiger partial charge in [0.05, 0.1) is 11.1 Å². The summed E-state index contributed by atoms with van der Waals surface area (Å²) in [5.41, 5.74) is 0.441. The largest absolute Gasteiger partial charge is 0.454 e. The predicted molar refractivity (Wildman–Crippen MR) is 54.2 cm³/mol. The zero-order chi connectivity index (χ0) is 11.0. The third kappa shape index (κ3) is 1.88. The number of rotatable bonds is 2. The van der Waals surface area contributed by atoms with E-state index < -0.39 is 12.2 Å². The van der Waals surface area contributed by atoms with Gasteiger partial charge in [0.1, 0.15) is 6.10 Å². The van der Waals surface area contributed by atoms with E-state index in [2.05, 4.69) is 0 Å². The molecule has 0 saturated carbocycles. The minimum Gasteiger partial charge on any atom is -0.454 e. The maximum atomic E-state index is 9.68. The first-order valence-electron chi connectivity index (χ1n) is 4.55. The Hall–Kier alpha value is -0.970. The van der Waals surface area contributed by atoms with Crippen molar-refractivity contribution >= 4 is 11.6 Å². The molecule has 2 rings (SSSR count). The summed E-state index contributed by atoms with van der Waals surface area (Å²) < 4.78 is 10.3. The van der Waals surface area contributed by atoms with Gasteiger partial charge < -0.3 is 19.7 Å². The van der Waals surface area contributed by atoms with E-state index in [-0.39, 0.29) is 6.79 Å². The molecule has 1 heterocycles. The monoisotopic (exact) mass is 230 g/mol. The summed E-state index contributed by atoms with van der Waals surface area (Å²) in [4.78, 5) is 0. The zero-order valence-electron chi connectivity index (χ0n) is 8.11. The molecule has 82 valence electrons. The summed E-state index contributed by atoms with van der Waals surface area (Å²) in [6, 6.07) is 3.16. The van der Waals surface area contributed by atoms with Gasteiger partial charge in [-0.15, -0.1) is 0 Å². The van der Waals surface area contributed by atoms with Crippen molar-refractivity contribution in [1.29, 1.82) is 0 Å². The molecule has 1 aromatic carbocycles. The second kappa shape index (κ2) is 3.89. The highest BCUT2D eigenvalue weighted by Gasteiger charge is 2.22. The summed E-state index contributed by atoms with van der Waals surface area (Å²) in [6.07, 6.45) is -1.91. The standard InChI is InChI=1S/C10H11ClO4/c1-5(12)10(13)6-2-8-9(3-7(6)11)15-4-14-8/h2-3,5,10,12-13H,4H2,1H3. The Kier molecular flexibility index (Phi) is 2.73. The molecular formula is C10H11ClO4. The molecule has 4 nitrogen and oxygen atoms in total. The van der Waals surface area contributed by atoms with Crippen molar-refractivity contribution in [2.75, 3.05) is 6.79 Å². The lowest BCUT2D eigenvalue weighted by molar-refractivity contribution is 0.0305. The number of hydrogen-bond acceptors (Lipinski definition) is 4. The van der Waals surface area contributed by atoms with Crippen LogP contribution in [0.15, 0.2) is 12.1 Å². The Balaban J connectivity index is 2.40. The number of aliphatic hydroxyl groups is 2. The number of fused-ring (bicyclic) bond motifs is 1. The summed E-state index contributed by atoms with van der Waals surface area (Å²) in [6.45, 7) is 1.64. The van der Waals surface area contributed by atoms with Gasteiger partial charge in [-0.3, -0.25) is 0 Å². The van der Waals surface area contributed by atoms with E-state index in [9.17, 15) is 10.2 Å². The fourth-order valence-electron chi connectivity index (χ4n) is 1.42. The summed E-state index contributed by atoms with van der Waals surface area (Å²) in [7, 11) is 0. The average molecular weight is 231 g/mol. The third-order valence-corrected chi connectivity index (χ3v) is 2.59. The summed E-state index contributed by atoms with van der Waals surface area (Å²) >= 11 is 5.94. The van der Waals surface area contributed by atoms with Crippen molar-refractivity contribution in [3.05, 3.63) is 22.7 Å². The van der Waals surface area contributed by atoms with Gasteiger partial charge in [-0.25, -0.2) is 0 Å². The van der Waals surface area contributed by atoms with Crippen molar-refractivity contribution < 1.29 is 19.7 Å². The van der Waals surface area contributed by atoms with Crippen LogP contribution in [-0.2, 0) is 0 Å². The van der Waals surface area contributed by atoms with Crippen molar-refractivity contribution in [2.24, 2.45) is 0 Å². The highest BCUT2D eigenvalue weighted by Crippen LogP contribution is 2.39. The molecule has 1 aliphatic rings. The Labute approximate surface area is 92.0 Å². The van der Waals surface area contributed by atoms with E-state index >= 15 is 0 Å². The van der Waals surface area contributed by atoms with Gasteiger partial charge >= 0.3 is 0 Å². The van der Waals surface area contributed by atoms with Crippen LogP contribution in [0.4, 0.5) is 0 Å². The van der Waals surface area contributed by atoms with Crippen molar-refractivity contribution in [2.45, 2.75) is 19.1 Å². The van der Waals surface area contributed by atoms with Crippen LogP contribution < -0.4 is 9.47 Å². The van der Waals surface area contributed by atoms with E-state index in [4.69, 9.17) is 21.1 Å². The average Bonchev–Trinajstić information content (AvgIpc) is 2.62. The van der Waals surface area contributed by atoms with Gasteiger partial charge in [0.2, 0.25) is 6.79 Å². The number of hydrogen-bond donors (Lipinski definition) is 2. The second-order valence-corrected chi connectivity index (χ2v) is 3.82. The van der Waals surface area contributed by atoms with E-state index in [1.807, 2.05) is 0 Å². The van der Waals surface area contributed by atoms with Crippen LogP contribution >= 0.6 is 11.6 Å². The predicted octanol–water partition coefficient (Wildman–Crippen LogP) is 1.48. The SMILES string of the molecule is CC(O)C(O)c1cc2c(cc1Cl)OCO2. The van der Waals surface area contributed by atoms with Crippen molar-refractivity contribution in [3.63, 3.8) is 0 Å². The van der Waals surface area contributed by atoms with Crippen LogP contribution in [0.2, 0.25) is 5.02 Å². The zero-order valence-corrected chi connectivity index (χ0v) is 8.86. The first kappa shape index (κ1) is 10.5. The van der Waals surface area contributed by atoms with Crippen LogP contribution in [0.3, 0.4) is 0 Å². The summed E-state index contributed by atoms with van der Waals surface area (Å²) in [5.74, 6) is 1.09. The van der Waals surface area contributed by atoms with E-state index in [1.54, 1.807) is 12.1 Å². The fraction of sp³-hybridized carbons (Fsp3) is 0.400. The van der Waals surface area contributed by atoms with Gasteiger partial charge in [0, 0.05) is 11.6 Å². The molecule has 0 amide bonds. The lowest BCUT2D eigenvalue weighted by Gasteiger charge is -2.15. The van der Waals surface area contributed by atoms with Crippen molar-refractivity contribution in [1.82, 2.24) is 0 Å². The van der Waals surface area contributed by atoms with Crippen LogP contribution in [0.5, 0.6) is 11.5 Å². The van der Waals surface area contributed by atoms with Gasteiger partial charge in [-0.2, -0.15) is 0 Å². The molecule has 1 aliphatic heterocycles. The second-order valence-electron chi connectivity index (χ2n) is 3.41. The van der Waals surface area contributed by atoms with Crippen LogP contribution in [0, 0.1) is 0 Å². The topological polar surface area (TPSA) is 58.9 Å². The van der Waals surface area contributed by atoms with Gasteiger partial charge in [0.25, 0.3) is 0 Å². The molecule has 0 bridgehead atoms. The molecule has 0 saturated heterocycles. The first-order chi connectivity index (χ1) is 7.09. The molecule has 0 fully saturated rings. The lowest BCUT2D eigenvalue weighted by atomic mass is 10.0. The Bertz CT molecular complexity index is 378. The number of halogens is 1. The first-order valence-corrected chi connectivity index (χ1v) is 4.92. The molecule has 15 heavy (non-hydrogen) atoms. The molecule has 0 radical (unpaired) electrons. The molecule has 0 aromatic heterocycles. The highest BCUT2D eigenvalue weighted by molar-refractivity contribution is 6.31. The molecule has 5 heteroatoms. The molecule has 2 atom stereocenters. The van der Waals surface area contributed by atoms with Gasteiger partial charge in [-0.1, -0.05) is 11.6 Å². The minimum atomic E-state index is -1.02. The number of aliphatic hydroxyl groups excluding tert-OH is 2. The molecule has 0 spiro atoms. The number of benzene rings is 1. The van der Waals surface area contributed by atoms with E-state index in [0.29, 0.717) is 22.1 Å². The number of ether oxygens (including phenoxy) is 2. The minimum absolute atomic E-state index is 0.153. The molecular weight excluding hydrogens is 220 g/mol. The molecule has 0 aliphatic carbocycles. The Morgan fingerprint density at radius 1 is 1.27 bits per heavy atom. The van der Waals surface area contributed by atoms with Crippen LogP contribution in [0.1, 0.15) is 18.6 Å². The molecule has 2 unspecified atom stereocenters.